The van der Waals surface area contributed by atoms with Crippen LogP contribution >= 0.6 is 11.3 Å². The van der Waals surface area contributed by atoms with Crippen LogP contribution in [0.2, 0.25) is 0 Å². The molecule has 1 aliphatic heterocycles. The first-order valence-electron chi connectivity index (χ1n) is 9.76. The van der Waals surface area contributed by atoms with Gasteiger partial charge in [0, 0.05) is 31.4 Å². The molecule has 3 heterocycles. The summed E-state index contributed by atoms with van der Waals surface area (Å²) in [4.78, 5) is 31.9. The molecule has 1 aliphatic rings. The highest BCUT2D eigenvalue weighted by Gasteiger charge is 2.24. The van der Waals surface area contributed by atoms with Gasteiger partial charge in [0.2, 0.25) is 11.9 Å². The fourth-order valence-electron chi connectivity index (χ4n) is 3.78. The Morgan fingerprint density at radius 1 is 1.43 bits per heavy atom. The van der Waals surface area contributed by atoms with Crippen LogP contribution in [0.1, 0.15) is 30.9 Å². The number of carbonyl (C=O) groups is 1. The van der Waals surface area contributed by atoms with Gasteiger partial charge < -0.3 is 16.0 Å². The van der Waals surface area contributed by atoms with Crippen LogP contribution in [-0.4, -0.2) is 34.6 Å². The number of nitrogens with one attached hydrogen (secondary N) is 1. The van der Waals surface area contributed by atoms with Crippen molar-refractivity contribution in [3.05, 3.63) is 51.1 Å². The maximum Gasteiger partial charge on any atom is 0.273 e. The first-order valence-corrected chi connectivity index (χ1v) is 10.6. The van der Waals surface area contributed by atoms with E-state index >= 15 is 0 Å². The lowest BCUT2D eigenvalue weighted by molar-refractivity contribution is -0.114. The quantitative estimate of drug-likeness (QED) is 0.666. The number of hydrogen-bond donors (Lipinski definition) is 2. The summed E-state index contributed by atoms with van der Waals surface area (Å²) in [6.07, 6.45) is 1.84. The van der Waals surface area contributed by atoms with Gasteiger partial charge in [-0.3, -0.25) is 14.2 Å². The van der Waals surface area contributed by atoms with Gasteiger partial charge in [0.1, 0.15) is 10.2 Å². The summed E-state index contributed by atoms with van der Waals surface area (Å²) in [6.45, 7) is 3.00. The Kier molecular flexibility index (Phi) is 5.53. The molecule has 0 radical (unpaired) electrons. The minimum atomic E-state index is -0.217. The molecule has 8 nitrogen and oxygen atoms in total. The third-order valence-electron chi connectivity index (χ3n) is 5.18. The first kappa shape index (κ1) is 20.1. The van der Waals surface area contributed by atoms with Crippen molar-refractivity contribution in [2.45, 2.75) is 32.4 Å². The van der Waals surface area contributed by atoms with E-state index in [1.807, 2.05) is 17.0 Å². The standard InChI is InChI=1S/C21H22N6O2S/c1-13(28)24-17-12-30-19-18(17)25-21(26-8-4-7-16(23)11-26)27(20(19)29)10-15-6-3-2-5-14(15)9-22/h2-3,5-6,12,16H,4,7-8,10-11,23H2,1H3,(H,24,28)/t16-/m1/s1. The lowest BCUT2D eigenvalue weighted by Gasteiger charge is -2.33. The predicted molar refractivity (Wildman–Crippen MR) is 118 cm³/mol. The van der Waals surface area contributed by atoms with Crippen LogP contribution in [0.25, 0.3) is 10.2 Å². The second-order valence-electron chi connectivity index (χ2n) is 7.43. The Bertz CT molecular complexity index is 1210. The minimum absolute atomic E-state index is 0.00323. The molecule has 1 aromatic carbocycles. The van der Waals surface area contributed by atoms with E-state index in [0.29, 0.717) is 34.0 Å². The summed E-state index contributed by atoms with van der Waals surface area (Å²) in [6, 6.07) is 9.43. The molecule has 1 saturated heterocycles. The summed E-state index contributed by atoms with van der Waals surface area (Å²) >= 11 is 1.25. The van der Waals surface area contributed by atoms with E-state index in [-0.39, 0.29) is 24.1 Å². The van der Waals surface area contributed by atoms with Crippen molar-refractivity contribution < 1.29 is 4.79 Å². The molecule has 9 heteroatoms. The van der Waals surface area contributed by atoms with Crippen molar-refractivity contribution in [1.29, 1.82) is 5.26 Å². The minimum Gasteiger partial charge on any atom is -0.341 e. The molecule has 30 heavy (non-hydrogen) atoms. The molecular formula is C21H22N6O2S. The summed E-state index contributed by atoms with van der Waals surface area (Å²) in [5, 5.41) is 14.0. The molecule has 2 aromatic heterocycles. The molecule has 1 amide bonds. The Balaban J connectivity index is 1.89. The number of carbonyl (C=O) groups excluding carboxylic acids is 1. The number of fused-ring (bicyclic) bond motifs is 1. The SMILES string of the molecule is CC(=O)Nc1csc2c(=O)n(Cc3ccccc3C#N)c(N3CCC[C@@H](N)C3)nc12. The number of amides is 1. The van der Waals surface area contributed by atoms with Crippen LogP contribution in [0.15, 0.2) is 34.4 Å². The smallest absolute Gasteiger partial charge is 0.273 e. The predicted octanol–water partition coefficient (Wildman–Crippen LogP) is 2.26. The van der Waals surface area contributed by atoms with Gasteiger partial charge in [0.15, 0.2) is 0 Å². The zero-order valence-corrected chi connectivity index (χ0v) is 17.4. The van der Waals surface area contributed by atoms with Crippen molar-refractivity contribution in [3.8, 4) is 6.07 Å². The number of rotatable bonds is 4. The number of nitrogens with two attached hydrogens (primary N) is 1. The zero-order chi connectivity index (χ0) is 21.3. The van der Waals surface area contributed by atoms with Crippen LogP contribution in [-0.2, 0) is 11.3 Å². The van der Waals surface area contributed by atoms with Gasteiger partial charge >= 0.3 is 0 Å². The van der Waals surface area contributed by atoms with E-state index in [9.17, 15) is 14.9 Å². The maximum atomic E-state index is 13.5. The molecule has 0 spiro atoms. The van der Waals surface area contributed by atoms with Gasteiger partial charge in [0.05, 0.1) is 23.9 Å². The van der Waals surface area contributed by atoms with E-state index < -0.39 is 0 Å². The molecule has 3 aromatic rings. The Morgan fingerprint density at radius 3 is 2.97 bits per heavy atom. The number of benzene rings is 1. The fourth-order valence-corrected chi connectivity index (χ4v) is 4.66. The van der Waals surface area contributed by atoms with E-state index in [4.69, 9.17) is 10.7 Å². The molecule has 0 unspecified atom stereocenters. The number of hydrogen-bond acceptors (Lipinski definition) is 7. The maximum absolute atomic E-state index is 13.5. The number of nitriles is 1. The first-order chi connectivity index (χ1) is 14.5. The number of nitrogens with zero attached hydrogens (tertiary/aromatic N) is 4. The third-order valence-corrected chi connectivity index (χ3v) is 6.13. The largest absolute Gasteiger partial charge is 0.341 e. The van der Waals surface area contributed by atoms with Crippen molar-refractivity contribution >= 4 is 39.1 Å². The highest BCUT2D eigenvalue weighted by Crippen LogP contribution is 2.29. The van der Waals surface area contributed by atoms with Crippen molar-refractivity contribution in [2.24, 2.45) is 5.73 Å². The molecule has 0 saturated carbocycles. The highest BCUT2D eigenvalue weighted by atomic mass is 32.1. The highest BCUT2D eigenvalue weighted by molar-refractivity contribution is 7.17. The molecule has 154 valence electrons. The topological polar surface area (TPSA) is 117 Å². The zero-order valence-electron chi connectivity index (χ0n) is 16.6. The Morgan fingerprint density at radius 2 is 2.23 bits per heavy atom. The molecule has 0 bridgehead atoms. The van der Waals surface area contributed by atoms with Crippen molar-refractivity contribution in [3.63, 3.8) is 0 Å². The third kappa shape index (κ3) is 3.79. The molecule has 3 N–H and O–H groups in total. The summed E-state index contributed by atoms with van der Waals surface area (Å²) in [5.74, 6) is 0.297. The summed E-state index contributed by atoms with van der Waals surface area (Å²) in [5.41, 5.74) is 8.29. The van der Waals surface area contributed by atoms with E-state index in [0.717, 1.165) is 24.9 Å². The van der Waals surface area contributed by atoms with E-state index in [1.54, 1.807) is 22.1 Å². The van der Waals surface area contributed by atoms with Gasteiger partial charge in [-0.15, -0.1) is 11.3 Å². The average Bonchev–Trinajstić information content (AvgIpc) is 3.12. The molecule has 4 rings (SSSR count). The monoisotopic (exact) mass is 422 g/mol. The second-order valence-corrected chi connectivity index (χ2v) is 8.31. The lowest BCUT2D eigenvalue weighted by atomic mass is 10.1. The van der Waals surface area contributed by atoms with Crippen LogP contribution in [0.4, 0.5) is 11.6 Å². The summed E-state index contributed by atoms with van der Waals surface area (Å²) < 4.78 is 2.09. The van der Waals surface area contributed by atoms with Gasteiger partial charge in [-0.05, 0) is 24.5 Å². The average molecular weight is 423 g/mol. The van der Waals surface area contributed by atoms with Crippen molar-refractivity contribution in [2.75, 3.05) is 23.3 Å². The number of thiophene rings is 1. The summed E-state index contributed by atoms with van der Waals surface area (Å²) in [7, 11) is 0. The molecule has 1 atom stereocenters. The Hall–Kier alpha value is -3.22. The second kappa shape index (κ2) is 8.26. The van der Waals surface area contributed by atoms with Crippen LogP contribution < -0.4 is 21.5 Å². The van der Waals surface area contributed by atoms with Gasteiger partial charge in [0.25, 0.3) is 5.56 Å². The Labute approximate surface area is 177 Å². The number of aromatic nitrogens is 2. The van der Waals surface area contributed by atoms with Crippen LogP contribution in [0.3, 0.4) is 0 Å². The van der Waals surface area contributed by atoms with Gasteiger partial charge in [-0.25, -0.2) is 4.98 Å². The normalized spacial score (nSPS) is 16.4. The fraction of sp³-hybridized carbons (Fsp3) is 0.333. The van der Waals surface area contributed by atoms with E-state index in [1.165, 1.54) is 18.3 Å². The van der Waals surface area contributed by atoms with Crippen LogP contribution in [0, 0.1) is 11.3 Å². The molecule has 0 aliphatic carbocycles. The number of piperidine rings is 1. The van der Waals surface area contributed by atoms with Crippen LogP contribution in [0.5, 0.6) is 0 Å². The van der Waals surface area contributed by atoms with Gasteiger partial charge in [-0.1, -0.05) is 18.2 Å². The van der Waals surface area contributed by atoms with Crippen molar-refractivity contribution in [1.82, 2.24) is 9.55 Å². The molecule has 1 fully saturated rings. The number of anilines is 2. The van der Waals surface area contributed by atoms with Gasteiger partial charge in [-0.2, -0.15) is 5.26 Å². The van der Waals surface area contributed by atoms with E-state index in [2.05, 4.69) is 11.4 Å². The molecular weight excluding hydrogens is 400 g/mol. The lowest BCUT2D eigenvalue weighted by Crippen LogP contribution is -2.45.